The lowest BCUT2D eigenvalue weighted by atomic mass is 9.83. The van der Waals surface area contributed by atoms with Gasteiger partial charge in [0.1, 0.15) is 0 Å². The van der Waals surface area contributed by atoms with E-state index in [2.05, 4.69) is 9.05 Å². The zero-order chi connectivity index (χ0) is 19.8. The van der Waals surface area contributed by atoms with Crippen LogP contribution in [0, 0.1) is 10.8 Å². The van der Waals surface area contributed by atoms with Gasteiger partial charge < -0.3 is 24.3 Å². The summed E-state index contributed by atoms with van der Waals surface area (Å²) in [7, 11) is -9.11. The SMILES string of the molecule is CCC(CC)(COCC(CC)(CC)COP(=O)(O)O)COP(=O)(O)O. The van der Waals surface area contributed by atoms with Gasteiger partial charge in [-0.15, -0.1) is 0 Å². The standard InChI is InChI=1S/C14H32O9P2/c1-5-13(6-2,11-22-24(15,16)17)9-21-10-14(7-3,8-4)12-23-25(18,19)20/h5-12H2,1-4H3,(H2,15,16,17)(H2,18,19,20). The molecule has 0 spiro atoms. The first-order valence-electron chi connectivity index (χ1n) is 8.34. The molecule has 0 amide bonds. The Morgan fingerprint density at radius 2 is 0.920 bits per heavy atom. The third kappa shape index (κ3) is 10.2. The van der Waals surface area contributed by atoms with Gasteiger partial charge in [-0.3, -0.25) is 9.05 Å². The summed E-state index contributed by atoms with van der Waals surface area (Å²) in [4.78, 5) is 35.6. The Bertz CT molecular complexity index is 421. The Morgan fingerprint density at radius 3 is 1.12 bits per heavy atom. The van der Waals surface area contributed by atoms with Crippen LogP contribution in [0.2, 0.25) is 0 Å². The maximum absolute atomic E-state index is 11.0. The van der Waals surface area contributed by atoms with Crippen LogP contribution in [0.25, 0.3) is 0 Å². The first-order valence-corrected chi connectivity index (χ1v) is 11.4. The molecule has 25 heavy (non-hydrogen) atoms. The third-order valence-corrected chi connectivity index (χ3v) is 5.83. The summed E-state index contributed by atoms with van der Waals surface area (Å²) in [5.74, 6) is 0. The summed E-state index contributed by atoms with van der Waals surface area (Å²) in [6, 6.07) is 0. The van der Waals surface area contributed by atoms with Gasteiger partial charge in [-0.05, 0) is 25.7 Å². The summed E-state index contributed by atoms with van der Waals surface area (Å²) in [5.41, 5.74) is -1.09. The first-order chi connectivity index (χ1) is 11.4. The molecule has 4 N–H and O–H groups in total. The average molecular weight is 406 g/mol. The number of ether oxygens (including phenoxy) is 1. The molecule has 11 heteroatoms. The largest absolute Gasteiger partial charge is 0.469 e. The monoisotopic (exact) mass is 406 g/mol. The molecule has 152 valence electrons. The van der Waals surface area contributed by atoms with E-state index in [0.717, 1.165) is 0 Å². The predicted molar refractivity (Wildman–Crippen MR) is 92.8 cm³/mol. The molecule has 0 aliphatic heterocycles. The summed E-state index contributed by atoms with van der Waals surface area (Å²) in [6.45, 7) is 7.73. The molecule has 0 saturated heterocycles. The van der Waals surface area contributed by atoms with E-state index in [4.69, 9.17) is 24.3 Å². The molecule has 0 radical (unpaired) electrons. The highest BCUT2D eigenvalue weighted by atomic mass is 31.2. The number of hydrogen-bond donors (Lipinski definition) is 4. The normalized spacial score (nSPS) is 14.1. The van der Waals surface area contributed by atoms with E-state index in [9.17, 15) is 9.13 Å². The fourth-order valence-corrected chi connectivity index (χ4v) is 3.21. The van der Waals surface area contributed by atoms with Crippen molar-refractivity contribution in [3.63, 3.8) is 0 Å². The van der Waals surface area contributed by atoms with Crippen LogP contribution in [0.4, 0.5) is 0 Å². The fraction of sp³-hybridized carbons (Fsp3) is 1.00. The maximum atomic E-state index is 11.0. The average Bonchev–Trinajstić information content (AvgIpc) is 2.53. The molecule has 0 aromatic carbocycles. The molecule has 0 aromatic heterocycles. The van der Waals surface area contributed by atoms with Crippen LogP contribution in [0.15, 0.2) is 0 Å². The van der Waals surface area contributed by atoms with E-state index >= 15 is 0 Å². The lowest BCUT2D eigenvalue weighted by molar-refractivity contribution is -0.0489. The minimum absolute atomic E-state index is 0.130. The molecule has 0 rings (SSSR count). The summed E-state index contributed by atoms with van der Waals surface area (Å²) >= 11 is 0. The van der Waals surface area contributed by atoms with Crippen LogP contribution in [0.3, 0.4) is 0 Å². The quantitative estimate of drug-likeness (QED) is 0.320. The zero-order valence-electron chi connectivity index (χ0n) is 15.4. The minimum Gasteiger partial charge on any atom is -0.380 e. The Hall–Kier alpha value is 0.180. The Kier molecular flexibility index (Phi) is 10.6. The van der Waals surface area contributed by atoms with E-state index in [1.165, 1.54) is 0 Å². The van der Waals surface area contributed by atoms with Crippen molar-refractivity contribution in [3.05, 3.63) is 0 Å². The van der Waals surface area contributed by atoms with Gasteiger partial charge in [-0.1, -0.05) is 27.7 Å². The lowest BCUT2D eigenvalue weighted by Crippen LogP contribution is -2.36. The van der Waals surface area contributed by atoms with Gasteiger partial charge in [0.2, 0.25) is 0 Å². The van der Waals surface area contributed by atoms with Crippen LogP contribution in [-0.2, 0) is 22.9 Å². The summed E-state index contributed by atoms with van der Waals surface area (Å²) < 4.78 is 37.0. The molecule has 0 fully saturated rings. The molecule has 0 atom stereocenters. The van der Waals surface area contributed by atoms with Gasteiger partial charge in [-0.2, -0.15) is 0 Å². The van der Waals surface area contributed by atoms with Crippen LogP contribution >= 0.6 is 15.6 Å². The molecule has 0 bridgehead atoms. The van der Waals surface area contributed by atoms with Crippen molar-refractivity contribution < 1.29 is 42.5 Å². The van der Waals surface area contributed by atoms with Gasteiger partial charge in [0.05, 0.1) is 26.4 Å². The predicted octanol–water partition coefficient (Wildman–Crippen LogP) is 2.83. The Labute approximate surface area is 149 Å². The zero-order valence-corrected chi connectivity index (χ0v) is 17.2. The Balaban J connectivity index is 4.84. The molecule has 0 aliphatic carbocycles. The van der Waals surface area contributed by atoms with Crippen LogP contribution in [0.1, 0.15) is 53.4 Å². The van der Waals surface area contributed by atoms with Gasteiger partial charge in [-0.25, -0.2) is 9.13 Å². The summed E-state index contributed by atoms with van der Waals surface area (Å²) in [6.07, 6.45) is 2.42. The molecule has 9 nitrogen and oxygen atoms in total. The highest BCUT2D eigenvalue weighted by molar-refractivity contribution is 7.46. The second kappa shape index (κ2) is 10.5. The minimum atomic E-state index is -4.56. The molecular weight excluding hydrogens is 374 g/mol. The van der Waals surface area contributed by atoms with Gasteiger partial charge in [0.25, 0.3) is 0 Å². The van der Waals surface area contributed by atoms with Crippen LogP contribution in [-0.4, -0.2) is 46.0 Å². The second-order valence-electron chi connectivity index (χ2n) is 6.44. The number of hydrogen-bond acceptors (Lipinski definition) is 5. The summed E-state index contributed by atoms with van der Waals surface area (Å²) in [5, 5.41) is 0. The topological polar surface area (TPSA) is 143 Å². The van der Waals surface area contributed by atoms with Crippen molar-refractivity contribution in [2.24, 2.45) is 10.8 Å². The fourth-order valence-electron chi connectivity index (χ4n) is 2.33. The third-order valence-electron chi connectivity index (χ3n) is 4.89. The molecule has 0 saturated carbocycles. The lowest BCUT2D eigenvalue weighted by Gasteiger charge is -2.35. The highest BCUT2D eigenvalue weighted by Gasteiger charge is 2.34. The van der Waals surface area contributed by atoms with E-state index in [-0.39, 0.29) is 26.4 Å². The van der Waals surface area contributed by atoms with Crippen LogP contribution in [0.5, 0.6) is 0 Å². The van der Waals surface area contributed by atoms with Crippen molar-refractivity contribution in [1.29, 1.82) is 0 Å². The van der Waals surface area contributed by atoms with E-state index < -0.39 is 26.5 Å². The maximum Gasteiger partial charge on any atom is 0.469 e. The number of phosphoric acid groups is 2. The molecule has 0 heterocycles. The van der Waals surface area contributed by atoms with E-state index in [0.29, 0.717) is 25.7 Å². The molecule has 0 aromatic rings. The van der Waals surface area contributed by atoms with Gasteiger partial charge in [0, 0.05) is 10.8 Å². The van der Waals surface area contributed by atoms with Crippen molar-refractivity contribution in [1.82, 2.24) is 0 Å². The second-order valence-corrected chi connectivity index (χ2v) is 8.91. The first kappa shape index (κ1) is 25.2. The Morgan fingerprint density at radius 1 is 0.640 bits per heavy atom. The van der Waals surface area contributed by atoms with E-state index in [1.54, 1.807) is 0 Å². The molecule has 0 unspecified atom stereocenters. The number of phosphoric ester groups is 2. The van der Waals surface area contributed by atoms with Gasteiger partial charge >= 0.3 is 15.6 Å². The highest BCUT2D eigenvalue weighted by Crippen LogP contribution is 2.42. The van der Waals surface area contributed by atoms with Crippen molar-refractivity contribution in [2.75, 3.05) is 26.4 Å². The smallest absolute Gasteiger partial charge is 0.380 e. The molecular formula is C14H32O9P2. The van der Waals surface area contributed by atoms with Crippen molar-refractivity contribution >= 4 is 15.6 Å². The van der Waals surface area contributed by atoms with Gasteiger partial charge in [0.15, 0.2) is 0 Å². The van der Waals surface area contributed by atoms with Crippen molar-refractivity contribution in [3.8, 4) is 0 Å². The van der Waals surface area contributed by atoms with Crippen molar-refractivity contribution in [2.45, 2.75) is 53.4 Å². The van der Waals surface area contributed by atoms with E-state index in [1.807, 2.05) is 27.7 Å². The van der Waals surface area contributed by atoms with Crippen LogP contribution < -0.4 is 0 Å². The molecule has 0 aliphatic rings. The number of rotatable bonds is 14.